The molecule has 3 heterocycles. The van der Waals surface area contributed by atoms with Crippen molar-refractivity contribution in [2.45, 2.75) is 26.2 Å². The number of rotatable bonds is 1. The van der Waals surface area contributed by atoms with Crippen LogP contribution in [0, 0.1) is 6.92 Å². The molecule has 0 saturated carbocycles. The van der Waals surface area contributed by atoms with Crippen LogP contribution in [-0.2, 0) is 0 Å². The van der Waals surface area contributed by atoms with Gasteiger partial charge in [0.05, 0.1) is 22.0 Å². The number of amidine groups is 1. The zero-order valence-corrected chi connectivity index (χ0v) is 12.7. The van der Waals surface area contributed by atoms with Gasteiger partial charge >= 0.3 is 0 Å². The summed E-state index contributed by atoms with van der Waals surface area (Å²) in [4.78, 5) is 12.7. The highest BCUT2D eigenvalue weighted by Crippen LogP contribution is 2.33. The average Bonchev–Trinajstić information content (AvgIpc) is 2.79. The molecular formula is C13H18N4S2. The lowest BCUT2D eigenvalue weighted by molar-refractivity contribution is 0.341. The third kappa shape index (κ3) is 2.79. The summed E-state index contributed by atoms with van der Waals surface area (Å²) in [6.07, 6.45) is 3.93. The van der Waals surface area contributed by atoms with E-state index in [-0.39, 0.29) is 0 Å². The fraction of sp³-hybridized carbons (Fsp3) is 0.538. The lowest BCUT2D eigenvalue weighted by atomic mass is 10.1. The van der Waals surface area contributed by atoms with Crippen LogP contribution in [0.2, 0.25) is 0 Å². The Morgan fingerprint density at radius 1 is 1.26 bits per heavy atom. The second kappa shape index (κ2) is 5.54. The first-order valence-corrected chi connectivity index (χ1v) is 8.48. The van der Waals surface area contributed by atoms with E-state index in [1.54, 1.807) is 0 Å². The summed E-state index contributed by atoms with van der Waals surface area (Å²) in [7, 11) is 0. The maximum Gasteiger partial charge on any atom is 0.180 e. The molecule has 0 aliphatic carbocycles. The second-order valence-electron chi connectivity index (χ2n) is 4.86. The Bertz CT molecular complexity index is 527. The van der Waals surface area contributed by atoms with Gasteiger partial charge < -0.3 is 10.6 Å². The molecule has 0 bridgehead atoms. The van der Waals surface area contributed by atoms with Gasteiger partial charge in [-0.2, -0.15) is 0 Å². The number of anilines is 1. The Morgan fingerprint density at radius 3 is 2.74 bits per heavy atom. The van der Waals surface area contributed by atoms with Crippen LogP contribution in [-0.4, -0.2) is 34.6 Å². The van der Waals surface area contributed by atoms with E-state index in [0.717, 1.165) is 35.1 Å². The number of nitrogen functional groups attached to an aromatic ring is 1. The van der Waals surface area contributed by atoms with Crippen LogP contribution in [0.4, 0.5) is 5.13 Å². The maximum atomic E-state index is 5.78. The third-order valence-corrected chi connectivity index (χ3v) is 5.25. The average molecular weight is 294 g/mol. The highest BCUT2D eigenvalue weighted by molar-refractivity contribution is 8.03. The fourth-order valence-corrected chi connectivity index (χ4v) is 4.14. The summed E-state index contributed by atoms with van der Waals surface area (Å²) in [5.74, 6) is 2.20. The first kappa shape index (κ1) is 13.0. The van der Waals surface area contributed by atoms with Crippen molar-refractivity contribution in [1.82, 2.24) is 9.88 Å². The molecule has 1 aromatic heterocycles. The summed E-state index contributed by atoms with van der Waals surface area (Å²) in [6.45, 7) is 4.30. The van der Waals surface area contributed by atoms with Gasteiger partial charge in [0.1, 0.15) is 5.84 Å². The molecule has 2 N–H and O–H groups in total. The van der Waals surface area contributed by atoms with Crippen LogP contribution >= 0.6 is 23.1 Å². The van der Waals surface area contributed by atoms with E-state index < -0.39 is 0 Å². The van der Waals surface area contributed by atoms with E-state index in [4.69, 9.17) is 10.7 Å². The van der Waals surface area contributed by atoms with Gasteiger partial charge in [-0.1, -0.05) is 11.3 Å². The van der Waals surface area contributed by atoms with Crippen molar-refractivity contribution in [2.24, 2.45) is 4.99 Å². The molecule has 2 aliphatic rings. The van der Waals surface area contributed by atoms with Crippen molar-refractivity contribution < 1.29 is 0 Å². The minimum Gasteiger partial charge on any atom is -0.375 e. The summed E-state index contributed by atoms with van der Waals surface area (Å²) >= 11 is 3.35. The number of piperidine rings is 1. The fourth-order valence-electron chi connectivity index (χ4n) is 2.47. The Balaban J connectivity index is 1.84. The first-order valence-electron chi connectivity index (χ1n) is 6.61. The van der Waals surface area contributed by atoms with Gasteiger partial charge in [-0.25, -0.2) is 9.98 Å². The van der Waals surface area contributed by atoms with Gasteiger partial charge in [0.25, 0.3) is 0 Å². The first-order chi connectivity index (χ1) is 9.24. The van der Waals surface area contributed by atoms with E-state index in [2.05, 4.69) is 15.3 Å². The van der Waals surface area contributed by atoms with Crippen LogP contribution in [0.3, 0.4) is 0 Å². The standard InChI is InChI=1S/C13H18N4S2/c1-9-12(19-13(14)15-9)10-7-18-8-11(16-10)17-5-3-2-4-6-17/h7H,2-6,8H2,1H3,(H2,14,15). The molecule has 0 amide bonds. The number of hydrogen-bond donors (Lipinski definition) is 1. The molecule has 19 heavy (non-hydrogen) atoms. The number of aromatic nitrogens is 1. The van der Waals surface area contributed by atoms with E-state index >= 15 is 0 Å². The van der Waals surface area contributed by atoms with Gasteiger partial charge in [-0.15, -0.1) is 11.8 Å². The number of nitrogens with zero attached hydrogens (tertiary/aromatic N) is 3. The third-order valence-electron chi connectivity index (χ3n) is 3.42. The maximum absolute atomic E-state index is 5.78. The van der Waals surface area contributed by atoms with Crippen molar-refractivity contribution in [3.8, 4) is 0 Å². The Hall–Kier alpha value is -1.01. The number of aryl methyl sites for hydroxylation is 1. The Labute approximate surface area is 121 Å². The van der Waals surface area contributed by atoms with E-state index in [9.17, 15) is 0 Å². The number of likely N-dealkylation sites (tertiary alicyclic amines) is 1. The summed E-state index contributed by atoms with van der Waals surface area (Å²) in [5.41, 5.74) is 7.79. The lowest BCUT2D eigenvalue weighted by Crippen LogP contribution is -2.37. The highest BCUT2D eigenvalue weighted by atomic mass is 32.2. The van der Waals surface area contributed by atoms with Gasteiger partial charge in [0.15, 0.2) is 5.13 Å². The molecule has 4 nitrogen and oxygen atoms in total. The zero-order chi connectivity index (χ0) is 13.2. The molecule has 3 rings (SSSR count). The van der Waals surface area contributed by atoms with Crippen LogP contribution in [0.5, 0.6) is 0 Å². The minimum atomic E-state index is 0.624. The highest BCUT2D eigenvalue weighted by Gasteiger charge is 2.20. The van der Waals surface area contributed by atoms with E-state index in [1.165, 1.54) is 36.4 Å². The number of nitrogens with two attached hydrogens (primary N) is 1. The molecule has 0 atom stereocenters. The molecule has 6 heteroatoms. The van der Waals surface area contributed by atoms with Gasteiger partial charge in [0, 0.05) is 13.1 Å². The Morgan fingerprint density at radius 2 is 2.05 bits per heavy atom. The number of hydrogen-bond acceptors (Lipinski definition) is 6. The normalized spacial score (nSPS) is 20.2. The molecule has 1 fully saturated rings. The van der Waals surface area contributed by atoms with Crippen LogP contribution in [0.1, 0.15) is 29.8 Å². The summed E-state index contributed by atoms with van der Waals surface area (Å²) in [5, 5.41) is 2.76. The topological polar surface area (TPSA) is 54.5 Å². The quantitative estimate of drug-likeness (QED) is 0.865. The molecule has 1 saturated heterocycles. The van der Waals surface area contributed by atoms with Crippen LogP contribution in [0.15, 0.2) is 10.4 Å². The van der Waals surface area contributed by atoms with Crippen molar-refractivity contribution >= 4 is 39.8 Å². The molecule has 102 valence electrons. The van der Waals surface area contributed by atoms with Crippen LogP contribution in [0.25, 0.3) is 5.70 Å². The SMILES string of the molecule is Cc1nc(N)sc1C1=CSCC(N2CCCCC2)=N1. The van der Waals surface area contributed by atoms with Crippen molar-refractivity contribution in [1.29, 1.82) is 0 Å². The predicted octanol–water partition coefficient (Wildman–Crippen LogP) is 2.96. The van der Waals surface area contributed by atoms with Gasteiger partial charge in [-0.3, -0.25) is 0 Å². The van der Waals surface area contributed by atoms with E-state index in [1.807, 2.05) is 18.7 Å². The van der Waals surface area contributed by atoms with Crippen LogP contribution < -0.4 is 5.73 Å². The monoisotopic (exact) mass is 294 g/mol. The largest absolute Gasteiger partial charge is 0.375 e. The van der Waals surface area contributed by atoms with Crippen molar-refractivity contribution in [2.75, 3.05) is 24.6 Å². The molecule has 1 aromatic rings. The predicted molar refractivity (Wildman–Crippen MR) is 84.6 cm³/mol. The minimum absolute atomic E-state index is 0.624. The van der Waals surface area contributed by atoms with Gasteiger partial charge in [-0.05, 0) is 31.6 Å². The molecule has 0 unspecified atom stereocenters. The summed E-state index contributed by atoms with van der Waals surface area (Å²) in [6, 6.07) is 0. The summed E-state index contributed by atoms with van der Waals surface area (Å²) < 4.78 is 0. The Kier molecular flexibility index (Phi) is 3.79. The molecule has 2 aliphatic heterocycles. The number of thioether (sulfide) groups is 1. The number of thiazole rings is 1. The second-order valence-corrected chi connectivity index (χ2v) is 6.74. The van der Waals surface area contributed by atoms with Crippen molar-refractivity contribution in [3.63, 3.8) is 0 Å². The number of aliphatic imine (C=N–C) groups is 1. The lowest BCUT2D eigenvalue weighted by Gasteiger charge is -2.30. The van der Waals surface area contributed by atoms with Crippen molar-refractivity contribution in [3.05, 3.63) is 16.0 Å². The molecule has 0 radical (unpaired) electrons. The molecular weight excluding hydrogens is 276 g/mol. The zero-order valence-electron chi connectivity index (χ0n) is 11.1. The van der Waals surface area contributed by atoms with E-state index in [0.29, 0.717) is 5.13 Å². The molecule has 0 aromatic carbocycles. The van der Waals surface area contributed by atoms with Gasteiger partial charge in [0.2, 0.25) is 0 Å². The smallest absolute Gasteiger partial charge is 0.180 e. The molecule has 0 spiro atoms.